The Kier molecular flexibility index (Phi) is 5.05. The molecule has 24 heavy (non-hydrogen) atoms. The van der Waals surface area contributed by atoms with Crippen LogP contribution in [0.3, 0.4) is 0 Å². The second-order valence-corrected chi connectivity index (χ2v) is 4.51. The highest BCUT2D eigenvalue weighted by atomic mass is 19.1. The van der Waals surface area contributed by atoms with Gasteiger partial charge in [-0.2, -0.15) is 0 Å². The van der Waals surface area contributed by atoms with Gasteiger partial charge >= 0.3 is 11.7 Å². The topological polar surface area (TPSA) is 117 Å². The molecule has 0 unspecified atom stereocenters. The highest BCUT2D eigenvalue weighted by Crippen LogP contribution is 2.27. The van der Waals surface area contributed by atoms with Gasteiger partial charge < -0.3 is 15.3 Å². The summed E-state index contributed by atoms with van der Waals surface area (Å²) in [5.74, 6) is -1.53. The molecule has 0 heterocycles. The summed E-state index contributed by atoms with van der Waals surface area (Å²) in [6.45, 7) is 0. The zero-order chi connectivity index (χ0) is 17.7. The number of nitrogens with two attached hydrogens (primary N) is 1. The number of benzene rings is 2. The molecule has 9 heteroatoms. The molecule has 2 aromatic rings. The number of carbonyl (C=O) groups is 1. The van der Waals surface area contributed by atoms with Crippen LogP contribution in [-0.2, 0) is 4.84 Å². The fourth-order valence-corrected chi connectivity index (χ4v) is 1.78. The van der Waals surface area contributed by atoms with Gasteiger partial charge in [-0.3, -0.25) is 10.1 Å². The average molecular weight is 333 g/mol. The van der Waals surface area contributed by atoms with Crippen molar-refractivity contribution in [2.45, 2.75) is 0 Å². The molecule has 0 aliphatic rings. The average Bonchev–Trinajstić information content (AvgIpc) is 2.59. The first-order valence-corrected chi connectivity index (χ1v) is 6.55. The molecule has 2 N–H and O–H groups in total. The van der Waals surface area contributed by atoms with Gasteiger partial charge in [-0.1, -0.05) is 5.16 Å². The third-order valence-corrected chi connectivity index (χ3v) is 2.98. The molecule has 0 spiro atoms. The SMILES string of the molecule is COc1ccc(C(=O)O/N=C(\N)c2ccc(F)cc2)cc1[N+](=O)[O-]. The van der Waals surface area contributed by atoms with Crippen LogP contribution in [0.15, 0.2) is 47.6 Å². The minimum absolute atomic E-state index is 0.00544. The largest absolute Gasteiger partial charge is 0.490 e. The highest BCUT2D eigenvalue weighted by molar-refractivity contribution is 5.98. The molecule has 2 aromatic carbocycles. The van der Waals surface area contributed by atoms with Gasteiger partial charge in [0.1, 0.15) is 5.82 Å². The van der Waals surface area contributed by atoms with Crippen molar-refractivity contribution in [2.75, 3.05) is 7.11 Å². The van der Waals surface area contributed by atoms with E-state index in [0.29, 0.717) is 5.56 Å². The number of halogens is 1. The molecule has 0 amide bonds. The Morgan fingerprint density at radius 2 is 1.83 bits per heavy atom. The van der Waals surface area contributed by atoms with Crippen LogP contribution in [-0.4, -0.2) is 23.8 Å². The molecule has 2 rings (SSSR count). The lowest BCUT2D eigenvalue weighted by Crippen LogP contribution is -2.15. The molecule has 0 fully saturated rings. The second kappa shape index (κ2) is 7.18. The lowest BCUT2D eigenvalue weighted by atomic mass is 10.2. The van der Waals surface area contributed by atoms with Crippen LogP contribution >= 0.6 is 0 Å². The minimum Gasteiger partial charge on any atom is -0.490 e. The Labute approximate surface area is 135 Å². The van der Waals surface area contributed by atoms with Crippen LogP contribution in [0.2, 0.25) is 0 Å². The van der Waals surface area contributed by atoms with Crippen molar-refractivity contribution in [3.63, 3.8) is 0 Å². The van der Waals surface area contributed by atoms with E-state index in [1.165, 1.54) is 43.5 Å². The zero-order valence-electron chi connectivity index (χ0n) is 12.4. The van der Waals surface area contributed by atoms with Crippen molar-refractivity contribution in [3.8, 4) is 5.75 Å². The van der Waals surface area contributed by atoms with E-state index in [0.717, 1.165) is 6.07 Å². The number of amidine groups is 1. The monoisotopic (exact) mass is 333 g/mol. The van der Waals surface area contributed by atoms with E-state index in [1.807, 2.05) is 0 Å². The van der Waals surface area contributed by atoms with Gasteiger partial charge in [-0.25, -0.2) is 9.18 Å². The summed E-state index contributed by atoms with van der Waals surface area (Å²) in [7, 11) is 1.27. The second-order valence-electron chi connectivity index (χ2n) is 4.51. The van der Waals surface area contributed by atoms with Crippen molar-refractivity contribution in [1.82, 2.24) is 0 Å². The van der Waals surface area contributed by atoms with E-state index in [-0.39, 0.29) is 22.8 Å². The van der Waals surface area contributed by atoms with E-state index < -0.39 is 16.7 Å². The summed E-state index contributed by atoms with van der Waals surface area (Å²) in [4.78, 5) is 26.8. The van der Waals surface area contributed by atoms with Crippen molar-refractivity contribution in [1.29, 1.82) is 0 Å². The molecule has 124 valence electrons. The maximum atomic E-state index is 12.8. The van der Waals surface area contributed by atoms with Gasteiger partial charge in [0.25, 0.3) is 0 Å². The smallest absolute Gasteiger partial charge is 0.366 e. The number of ether oxygens (including phenoxy) is 1. The van der Waals surface area contributed by atoms with Gasteiger partial charge in [0, 0.05) is 11.6 Å². The number of hydrogen-bond donors (Lipinski definition) is 1. The molecule has 8 nitrogen and oxygen atoms in total. The zero-order valence-corrected chi connectivity index (χ0v) is 12.4. The standard InChI is InChI=1S/C15H12FN3O5/c1-23-13-7-4-10(8-12(13)19(21)22)15(20)24-18-14(17)9-2-5-11(16)6-3-9/h2-8H,1H3,(H2,17,18). The number of nitrogens with zero attached hydrogens (tertiary/aromatic N) is 2. The van der Waals surface area contributed by atoms with Gasteiger partial charge in [0.15, 0.2) is 11.6 Å². The normalized spacial score (nSPS) is 11.0. The molecule has 0 atom stereocenters. The summed E-state index contributed by atoms with van der Waals surface area (Å²) in [6.07, 6.45) is 0. The summed E-state index contributed by atoms with van der Waals surface area (Å²) in [5, 5.41) is 14.4. The number of oxime groups is 1. The summed E-state index contributed by atoms with van der Waals surface area (Å²) in [5.41, 5.74) is 5.48. The van der Waals surface area contributed by atoms with Gasteiger partial charge in [-0.05, 0) is 36.4 Å². The van der Waals surface area contributed by atoms with Crippen LogP contribution in [0.25, 0.3) is 0 Å². The van der Waals surface area contributed by atoms with E-state index in [4.69, 9.17) is 10.5 Å². The Morgan fingerprint density at radius 1 is 1.21 bits per heavy atom. The number of nitro groups is 1. The van der Waals surface area contributed by atoms with Gasteiger partial charge in [-0.15, -0.1) is 0 Å². The summed E-state index contributed by atoms with van der Waals surface area (Å²) < 4.78 is 17.7. The van der Waals surface area contributed by atoms with Gasteiger partial charge in [0.05, 0.1) is 17.6 Å². The lowest BCUT2D eigenvalue weighted by Gasteiger charge is -2.04. The third-order valence-electron chi connectivity index (χ3n) is 2.98. The molecule has 0 bridgehead atoms. The van der Waals surface area contributed by atoms with Gasteiger partial charge in [0.2, 0.25) is 0 Å². The van der Waals surface area contributed by atoms with Crippen molar-refractivity contribution in [3.05, 3.63) is 69.5 Å². The fraction of sp³-hybridized carbons (Fsp3) is 0.0667. The quantitative estimate of drug-likeness (QED) is 0.295. The summed E-state index contributed by atoms with van der Waals surface area (Å²) in [6, 6.07) is 8.63. The number of hydrogen-bond acceptors (Lipinski definition) is 6. The molecule has 0 aromatic heterocycles. The van der Waals surface area contributed by atoms with Crippen LogP contribution in [0, 0.1) is 15.9 Å². The number of nitro benzene ring substituents is 1. The van der Waals surface area contributed by atoms with Crippen LogP contribution < -0.4 is 10.5 Å². The molecule has 0 saturated carbocycles. The lowest BCUT2D eigenvalue weighted by molar-refractivity contribution is -0.385. The highest BCUT2D eigenvalue weighted by Gasteiger charge is 2.19. The fourth-order valence-electron chi connectivity index (χ4n) is 1.78. The Bertz CT molecular complexity index is 805. The molecule has 0 saturated heterocycles. The summed E-state index contributed by atoms with van der Waals surface area (Å²) >= 11 is 0. The molecule has 0 aliphatic heterocycles. The van der Waals surface area contributed by atoms with E-state index in [9.17, 15) is 19.3 Å². The first-order chi connectivity index (χ1) is 11.4. The van der Waals surface area contributed by atoms with E-state index in [1.54, 1.807) is 0 Å². The molecular weight excluding hydrogens is 321 g/mol. The Morgan fingerprint density at radius 3 is 2.42 bits per heavy atom. The van der Waals surface area contributed by atoms with Crippen LogP contribution in [0.1, 0.15) is 15.9 Å². The first-order valence-electron chi connectivity index (χ1n) is 6.55. The van der Waals surface area contributed by atoms with Crippen molar-refractivity contribution >= 4 is 17.5 Å². The Balaban J connectivity index is 2.17. The third kappa shape index (κ3) is 3.83. The van der Waals surface area contributed by atoms with Crippen molar-refractivity contribution in [2.24, 2.45) is 10.9 Å². The van der Waals surface area contributed by atoms with E-state index >= 15 is 0 Å². The number of methoxy groups -OCH3 is 1. The maximum Gasteiger partial charge on any atom is 0.366 e. The molecular formula is C15H12FN3O5. The van der Waals surface area contributed by atoms with Crippen molar-refractivity contribution < 1.29 is 23.7 Å². The predicted octanol–water partition coefficient (Wildman–Crippen LogP) is 2.22. The van der Waals surface area contributed by atoms with E-state index in [2.05, 4.69) is 9.99 Å². The predicted molar refractivity (Wildman–Crippen MR) is 82.2 cm³/mol. The van der Waals surface area contributed by atoms with Crippen LogP contribution in [0.4, 0.5) is 10.1 Å². The minimum atomic E-state index is -0.939. The number of carbonyl (C=O) groups excluding carboxylic acids is 1. The molecule has 0 aliphatic carbocycles. The first kappa shape index (κ1) is 16.9. The number of rotatable bonds is 5. The molecule has 0 radical (unpaired) electrons. The van der Waals surface area contributed by atoms with Crippen LogP contribution in [0.5, 0.6) is 5.75 Å². The maximum absolute atomic E-state index is 12.8. The Hall–Kier alpha value is -3.49.